The van der Waals surface area contributed by atoms with Crippen LogP contribution in [0.15, 0.2) is 54.6 Å². The molecule has 0 bridgehead atoms. The molecule has 0 aliphatic carbocycles. The van der Waals surface area contributed by atoms with Crippen molar-refractivity contribution in [3.8, 4) is 6.07 Å². The van der Waals surface area contributed by atoms with Crippen LogP contribution in [0.3, 0.4) is 0 Å². The van der Waals surface area contributed by atoms with Crippen molar-refractivity contribution < 1.29 is 0 Å². The smallest absolute Gasteiger partial charge is 0.0631 e. The summed E-state index contributed by atoms with van der Waals surface area (Å²) >= 11 is 0. The Balaban J connectivity index is 1.93. The van der Waals surface area contributed by atoms with E-state index in [2.05, 4.69) is 72.5 Å². The van der Waals surface area contributed by atoms with Gasteiger partial charge in [-0.15, -0.1) is 0 Å². The monoisotopic (exact) mass is 276 g/mol. The minimum Gasteiger partial charge on any atom is -0.367 e. The van der Waals surface area contributed by atoms with Crippen LogP contribution in [0.2, 0.25) is 0 Å². The lowest BCUT2D eigenvalue weighted by atomic mass is 9.74. The van der Waals surface area contributed by atoms with Crippen molar-refractivity contribution in [3.63, 3.8) is 0 Å². The number of para-hydroxylation sites is 1. The highest BCUT2D eigenvalue weighted by molar-refractivity contribution is 5.59. The van der Waals surface area contributed by atoms with Gasteiger partial charge in [0.1, 0.15) is 0 Å². The maximum absolute atomic E-state index is 9.15. The average molecular weight is 276 g/mol. The lowest BCUT2D eigenvalue weighted by molar-refractivity contribution is 0.421. The zero-order valence-corrected chi connectivity index (χ0v) is 12.4. The summed E-state index contributed by atoms with van der Waals surface area (Å²) < 4.78 is 0. The topological polar surface area (TPSA) is 27.0 Å². The van der Waals surface area contributed by atoms with E-state index >= 15 is 0 Å². The first kappa shape index (κ1) is 13.7. The van der Waals surface area contributed by atoms with Gasteiger partial charge in [0.15, 0.2) is 0 Å². The van der Waals surface area contributed by atoms with Gasteiger partial charge < -0.3 is 4.90 Å². The number of fused-ring (bicyclic) bond motifs is 1. The zero-order chi connectivity index (χ0) is 14.7. The fourth-order valence-electron chi connectivity index (χ4n) is 3.22. The number of hydrogen-bond acceptors (Lipinski definition) is 2. The summed E-state index contributed by atoms with van der Waals surface area (Å²) in [6.45, 7) is 4.15. The van der Waals surface area contributed by atoms with Crippen LogP contribution in [0.25, 0.3) is 0 Å². The van der Waals surface area contributed by atoms with Crippen LogP contribution in [-0.4, -0.2) is 6.54 Å². The van der Waals surface area contributed by atoms with Gasteiger partial charge in [-0.25, -0.2) is 0 Å². The summed E-state index contributed by atoms with van der Waals surface area (Å²) in [7, 11) is 0. The zero-order valence-electron chi connectivity index (χ0n) is 12.4. The molecule has 1 unspecified atom stereocenters. The SMILES string of the molecule is CC1(CC#N)CCN(Cc2ccccc2)c2ccccc21. The summed E-state index contributed by atoms with van der Waals surface area (Å²) in [6, 6.07) is 21.5. The predicted octanol–water partition coefficient (Wildman–Crippen LogP) is 4.27. The number of nitrogens with zero attached hydrogens (tertiary/aromatic N) is 2. The van der Waals surface area contributed by atoms with Gasteiger partial charge in [-0.3, -0.25) is 0 Å². The molecule has 2 aromatic rings. The molecule has 0 radical (unpaired) electrons. The second-order valence-corrected chi connectivity index (χ2v) is 6.07. The Kier molecular flexibility index (Phi) is 3.66. The van der Waals surface area contributed by atoms with Gasteiger partial charge in [0, 0.05) is 30.6 Å². The van der Waals surface area contributed by atoms with E-state index in [4.69, 9.17) is 5.26 Å². The number of hydrogen-bond donors (Lipinski definition) is 0. The van der Waals surface area contributed by atoms with Gasteiger partial charge in [-0.05, 0) is 23.6 Å². The van der Waals surface area contributed by atoms with Crippen molar-refractivity contribution in [2.24, 2.45) is 0 Å². The molecule has 3 rings (SSSR count). The van der Waals surface area contributed by atoms with Crippen LogP contribution in [0.5, 0.6) is 0 Å². The van der Waals surface area contributed by atoms with E-state index in [0.29, 0.717) is 6.42 Å². The van der Waals surface area contributed by atoms with E-state index in [9.17, 15) is 0 Å². The van der Waals surface area contributed by atoms with Gasteiger partial charge in [-0.2, -0.15) is 5.26 Å². The fourth-order valence-corrected chi connectivity index (χ4v) is 3.22. The molecule has 0 saturated carbocycles. The van der Waals surface area contributed by atoms with Gasteiger partial charge in [0.2, 0.25) is 0 Å². The molecule has 1 aliphatic heterocycles. The maximum Gasteiger partial charge on any atom is 0.0631 e. The summed E-state index contributed by atoms with van der Waals surface area (Å²) in [5.74, 6) is 0. The second kappa shape index (κ2) is 5.61. The van der Waals surface area contributed by atoms with Crippen LogP contribution < -0.4 is 4.90 Å². The fraction of sp³-hybridized carbons (Fsp3) is 0.316. The Morgan fingerprint density at radius 1 is 1.10 bits per heavy atom. The molecule has 0 amide bonds. The van der Waals surface area contributed by atoms with Gasteiger partial charge in [-0.1, -0.05) is 55.5 Å². The van der Waals surface area contributed by atoms with E-state index in [1.54, 1.807) is 0 Å². The minimum absolute atomic E-state index is 0.0153. The van der Waals surface area contributed by atoms with Crippen LogP contribution in [-0.2, 0) is 12.0 Å². The van der Waals surface area contributed by atoms with Crippen molar-refractivity contribution in [2.75, 3.05) is 11.4 Å². The van der Waals surface area contributed by atoms with Crippen LogP contribution >= 0.6 is 0 Å². The van der Waals surface area contributed by atoms with Crippen LogP contribution in [0.4, 0.5) is 5.69 Å². The first-order valence-electron chi connectivity index (χ1n) is 7.48. The van der Waals surface area contributed by atoms with Crippen molar-refractivity contribution >= 4 is 5.69 Å². The van der Waals surface area contributed by atoms with E-state index in [1.807, 2.05) is 0 Å². The molecule has 2 nitrogen and oxygen atoms in total. The van der Waals surface area contributed by atoms with Crippen molar-refractivity contribution in [2.45, 2.75) is 31.7 Å². The normalized spacial score (nSPS) is 20.7. The molecule has 2 aromatic carbocycles. The maximum atomic E-state index is 9.15. The molecule has 0 fully saturated rings. The third kappa shape index (κ3) is 2.64. The molecular formula is C19H20N2. The molecule has 1 aliphatic rings. The van der Waals surface area contributed by atoms with Gasteiger partial charge >= 0.3 is 0 Å². The van der Waals surface area contributed by atoms with E-state index in [0.717, 1.165) is 19.5 Å². The first-order chi connectivity index (χ1) is 10.2. The Bertz CT molecular complexity index is 657. The van der Waals surface area contributed by atoms with Crippen molar-refractivity contribution in [3.05, 3.63) is 65.7 Å². The standard InChI is InChI=1S/C19H20N2/c1-19(11-13-20)12-14-21(15-16-7-3-2-4-8-16)18-10-6-5-9-17(18)19/h2-10H,11-12,14-15H2,1H3. The van der Waals surface area contributed by atoms with E-state index in [1.165, 1.54) is 16.8 Å². The van der Waals surface area contributed by atoms with Crippen molar-refractivity contribution in [1.82, 2.24) is 0 Å². The summed E-state index contributed by atoms with van der Waals surface area (Å²) in [4.78, 5) is 2.43. The Labute approximate surface area is 126 Å². The third-order valence-electron chi connectivity index (χ3n) is 4.51. The van der Waals surface area contributed by atoms with Crippen molar-refractivity contribution in [1.29, 1.82) is 5.26 Å². The average Bonchev–Trinajstić information content (AvgIpc) is 2.52. The number of anilines is 1. The Morgan fingerprint density at radius 3 is 2.57 bits per heavy atom. The van der Waals surface area contributed by atoms with Gasteiger partial charge in [0.25, 0.3) is 0 Å². The lowest BCUT2D eigenvalue weighted by Crippen LogP contribution is -2.38. The first-order valence-corrected chi connectivity index (χ1v) is 7.48. The molecule has 0 saturated heterocycles. The summed E-state index contributed by atoms with van der Waals surface area (Å²) in [5.41, 5.74) is 3.91. The third-order valence-corrected chi connectivity index (χ3v) is 4.51. The number of nitriles is 1. The van der Waals surface area contributed by atoms with Crippen LogP contribution in [0, 0.1) is 11.3 Å². The number of rotatable bonds is 3. The molecule has 0 N–H and O–H groups in total. The molecular weight excluding hydrogens is 256 g/mol. The highest BCUT2D eigenvalue weighted by Crippen LogP contribution is 2.42. The molecule has 21 heavy (non-hydrogen) atoms. The highest BCUT2D eigenvalue weighted by Gasteiger charge is 2.34. The predicted molar refractivity (Wildman–Crippen MR) is 86.1 cm³/mol. The molecule has 1 heterocycles. The molecule has 106 valence electrons. The Hall–Kier alpha value is -2.27. The molecule has 0 aromatic heterocycles. The largest absolute Gasteiger partial charge is 0.367 e. The minimum atomic E-state index is -0.0153. The highest BCUT2D eigenvalue weighted by atomic mass is 15.1. The van der Waals surface area contributed by atoms with Gasteiger partial charge in [0.05, 0.1) is 6.07 Å². The van der Waals surface area contributed by atoms with E-state index in [-0.39, 0.29) is 5.41 Å². The second-order valence-electron chi connectivity index (χ2n) is 6.07. The molecule has 0 spiro atoms. The van der Waals surface area contributed by atoms with E-state index < -0.39 is 0 Å². The summed E-state index contributed by atoms with van der Waals surface area (Å²) in [5, 5.41) is 9.15. The van der Waals surface area contributed by atoms with Crippen LogP contribution in [0.1, 0.15) is 30.9 Å². The number of benzene rings is 2. The Morgan fingerprint density at radius 2 is 1.81 bits per heavy atom. The molecule has 2 heteroatoms. The lowest BCUT2D eigenvalue weighted by Gasteiger charge is -2.41. The quantitative estimate of drug-likeness (QED) is 0.837. The summed E-state index contributed by atoms with van der Waals surface area (Å²) in [6.07, 6.45) is 1.62. The molecule has 1 atom stereocenters.